The van der Waals surface area contributed by atoms with E-state index in [1.165, 1.54) is 0 Å². The number of amides is 1. The number of benzene rings is 1. The monoisotopic (exact) mass is 354 g/mol. The van der Waals surface area contributed by atoms with Crippen molar-refractivity contribution in [3.8, 4) is 11.4 Å². The van der Waals surface area contributed by atoms with Crippen LogP contribution in [0.25, 0.3) is 22.4 Å². The number of carbonyl (C=O) groups is 1. The van der Waals surface area contributed by atoms with Crippen LogP contribution in [0.5, 0.6) is 0 Å². The van der Waals surface area contributed by atoms with E-state index in [-0.39, 0.29) is 5.91 Å². The lowest BCUT2D eigenvalue weighted by atomic mass is 10.1. The number of H-pyrrole nitrogens is 1. The number of para-hydroxylation sites is 2. The summed E-state index contributed by atoms with van der Waals surface area (Å²) in [7, 11) is 1.68. The molecule has 1 aromatic carbocycles. The second-order valence-electron chi connectivity index (χ2n) is 6.48. The maximum Gasteiger partial charge on any atom is 0.225 e. The number of nitrogens with zero attached hydrogens (tertiary/aromatic N) is 2. The third kappa shape index (κ3) is 3.37. The zero-order chi connectivity index (χ0) is 18.7. The minimum Gasteiger partial charge on any atom is -0.383 e. The Bertz CT molecular complexity index is 890. The summed E-state index contributed by atoms with van der Waals surface area (Å²) in [6.45, 7) is 7.37. The van der Waals surface area contributed by atoms with Gasteiger partial charge in [-0.05, 0) is 38.0 Å². The second-order valence-corrected chi connectivity index (χ2v) is 6.48. The quantitative estimate of drug-likeness (QED) is 0.673. The van der Waals surface area contributed by atoms with E-state index in [1.54, 1.807) is 7.11 Å². The van der Waals surface area contributed by atoms with Gasteiger partial charge in [-0.15, -0.1) is 0 Å². The Kier molecular flexibility index (Phi) is 5.42. The van der Waals surface area contributed by atoms with Crippen LogP contribution >= 0.6 is 0 Å². The number of nitrogens with one attached hydrogen (secondary N) is 2. The van der Waals surface area contributed by atoms with Crippen molar-refractivity contribution in [3.05, 3.63) is 35.5 Å². The first-order valence-electron chi connectivity index (χ1n) is 9.00. The molecule has 2 N–H and O–H groups in total. The molecule has 0 saturated heterocycles. The largest absolute Gasteiger partial charge is 0.383 e. The first kappa shape index (κ1) is 18.2. The van der Waals surface area contributed by atoms with Gasteiger partial charge in [-0.1, -0.05) is 19.1 Å². The molecule has 2 heterocycles. The van der Waals surface area contributed by atoms with Crippen molar-refractivity contribution in [1.82, 2.24) is 14.5 Å². The maximum absolute atomic E-state index is 12.3. The number of fused-ring (bicyclic) bond motifs is 1. The van der Waals surface area contributed by atoms with Gasteiger partial charge in [0.15, 0.2) is 0 Å². The number of aromatic nitrogens is 3. The van der Waals surface area contributed by atoms with Crippen molar-refractivity contribution in [2.45, 2.75) is 40.2 Å². The summed E-state index contributed by atoms with van der Waals surface area (Å²) >= 11 is 0. The minimum atomic E-state index is 0.0148. The van der Waals surface area contributed by atoms with Gasteiger partial charge >= 0.3 is 0 Å². The number of imidazole rings is 1. The molecule has 26 heavy (non-hydrogen) atoms. The van der Waals surface area contributed by atoms with Crippen LogP contribution in [-0.4, -0.2) is 34.2 Å². The van der Waals surface area contributed by atoms with Crippen molar-refractivity contribution in [1.29, 1.82) is 0 Å². The van der Waals surface area contributed by atoms with Crippen molar-refractivity contribution in [2.24, 2.45) is 0 Å². The number of carbonyl (C=O) groups excluding carboxylic acids is 1. The fourth-order valence-electron chi connectivity index (χ4n) is 3.24. The topological polar surface area (TPSA) is 71.9 Å². The van der Waals surface area contributed by atoms with Gasteiger partial charge in [0, 0.05) is 25.8 Å². The van der Waals surface area contributed by atoms with Crippen LogP contribution in [0.15, 0.2) is 24.3 Å². The molecule has 0 aliphatic rings. The van der Waals surface area contributed by atoms with E-state index in [1.807, 2.05) is 31.2 Å². The molecule has 1 amide bonds. The average Bonchev–Trinajstić information content (AvgIpc) is 3.13. The molecular weight excluding hydrogens is 328 g/mol. The van der Waals surface area contributed by atoms with Gasteiger partial charge in [0.05, 0.1) is 23.2 Å². The summed E-state index contributed by atoms with van der Waals surface area (Å²) in [5, 5.41) is 3.10. The Morgan fingerprint density at radius 3 is 2.77 bits per heavy atom. The van der Waals surface area contributed by atoms with E-state index in [9.17, 15) is 4.79 Å². The molecule has 0 spiro atoms. The molecule has 0 saturated carbocycles. The molecular formula is C20H26N4O2. The zero-order valence-corrected chi connectivity index (χ0v) is 15.8. The summed E-state index contributed by atoms with van der Waals surface area (Å²) in [5.41, 5.74) is 5.04. The molecule has 3 rings (SSSR count). The van der Waals surface area contributed by atoms with Crippen LogP contribution in [0.4, 0.5) is 5.82 Å². The van der Waals surface area contributed by atoms with Gasteiger partial charge in [0.25, 0.3) is 0 Å². The molecule has 2 aromatic heterocycles. The highest BCUT2D eigenvalue weighted by atomic mass is 16.5. The normalized spacial score (nSPS) is 11.2. The van der Waals surface area contributed by atoms with Gasteiger partial charge in [-0.2, -0.15) is 0 Å². The van der Waals surface area contributed by atoms with Crippen LogP contribution in [0, 0.1) is 13.8 Å². The number of hydrogen-bond donors (Lipinski definition) is 2. The predicted octanol–water partition coefficient (Wildman–Crippen LogP) is 4.03. The molecule has 0 unspecified atom stereocenters. The third-order valence-electron chi connectivity index (χ3n) is 4.71. The molecule has 6 heteroatoms. The third-order valence-corrected chi connectivity index (χ3v) is 4.71. The van der Waals surface area contributed by atoms with Crippen molar-refractivity contribution in [3.63, 3.8) is 0 Å². The Balaban J connectivity index is 2.14. The predicted molar refractivity (Wildman–Crippen MR) is 104 cm³/mol. The lowest BCUT2D eigenvalue weighted by Crippen LogP contribution is -2.17. The number of aromatic amines is 1. The second kappa shape index (κ2) is 7.74. The summed E-state index contributed by atoms with van der Waals surface area (Å²) < 4.78 is 7.36. The van der Waals surface area contributed by atoms with Crippen LogP contribution in [0.1, 0.15) is 31.0 Å². The van der Waals surface area contributed by atoms with Gasteiger partial charge in [0.1, 0.15) is 11.6 Å². The van der Waals surface area contributed by atoms with E-state index in [0.717, 1.165) is 45.9 Å². The standard InChI is InChI=1S/C20H26N4O2/c1-5-8-17(25)23-20-18(13(2)14(3)24(20)11-12-26-4)19-21-15-9-6-7-10-16(15)22-19/h6-7,9-10H,5,8,11-12H2,1-4H3,(H,21,22)(H,23,25). The molecule has 138 valence electrons. The van der Waals surface area contributed by atoms with Gasteiger partial charge in [-0.25, -0.2) is 4.98 Å². The molecule has 0 aliphatic heterocycles. The van der Waals surface area contributed by atoms with Gasteiger partial charge in [0.2, 0.25) is 5.91 Å². The first-order valence-corrected chi connectivity index (χ1v) is 9.00. The smallest absolute Gasteiger partial charge is 0.225 e. The van der Waals surface area contributed by atoms with E-state index in [4.69, 9.17) is 9.72 Å². The highest BCUT2D eigenvalue weighted by Crippen LogP contribution is 2.35. The summed E-state index contributed by atoms with van der Waals surface area (Å²) in [5.74, 6) is 1.57. The Morgan fingerprint density at radius 1 is 1.31 bits per heavy atom. The van der Waals surface area contributed by atoms with E-state index >= 15 is 0 Å². The number of rotatable bonds is 7. The highest BCUT2D eigenvalue weighted by molar-refractivity contribution is 5.95. The number of ether oxygens (including phenoxy) is 1. The molecule has 3 aromatic rings. The van der Waals surface area contributed by atoms with Crippen molar-refractivity contribution in [2.75, 3.05) is 19.0 Å². The fourth-order valence-corrected chi connectivity index (χ4v) is 3.24. The SMILES string of the molecule is CCCC(=O)Nc1c(-c2nc3ccccc3[nH]2)c(C)c(C)n1CCOC. The van der Waals surface area contributed by atoms with Crippen LogP contribution in [0.3, 0.4) is 0 Å². The van der Waals surface area contributed by atoms with Gasteiger partial charge in [-0.3, -0.25) is 4.79 Å². The average molecular weight is 354 g/mol. The minimum absolute atomic E-state index is 0.0148. The van der Waals surface area contributed by atoms with E-state index in [0.29, 0.717) is 19.6 Å². The molecule has 0 bridgehead atoms. The molecule has 0 fully saturated rings. The van der Waals surface area contributed by atoms with Crippen LogP contribution in [-0.2, 0) is 16.1 Å². The highest BCUT2D eigenvalue weighted by Gasteiger charge is 2.22. The fraction of sp³-hybridized carbons (Fsp3) is 0.400. The van der Waals surface area contributed by atoms with Crippen molar-refractivity contribution >= 4 is 22.8 Å². The van der Waals surface area contributed by atoms with Crippen LogP contribution < -0.4 is 5.32 Å². The number of hydrogen-bond acceptors (Lipinski definition) is 3. The van der Waals surface area contributed by atoms with Crippen molar-refractivity contribution < 1.29 is 9.53 Å². The molecule has 0 aliphatic carbocycles. The molecule has 6 nitrogen and oxygen atoms in total. The summed E-state index contributed by atoms with van der Waals surface area (Å²) in [6.07, 6.45) is 1.30. The Morgan fingerprint density at radius 2 is 2.08 bits per heavy atom. The molecule has 0 atom stereocenters. The summed E-state index contributed by atoms with van der Waals surface area (Å²) in [4.78, 5) is 20.5. The Labute approximate surface area is 153 Å². The Hall–Kier alpha value is -2.60. The number of methoxy groups -OCH3 is 1. The van der Waals surface area contributed by atoms with E-state index in [2.05, 4.69) is 28.7 Å². The summed E-state index contributed by atoms with van der Waals surface area (Å²) in [6, 6.07) is 7.94. The lowest BCUT2D eigenvalue weighted by molar-refractivity contribution is -0.116. The first-order chi connectivity index (χ1) is 12.6. The van der Waals surface area contributed by atoms with E-state index < -0.39 is 0 Å². The number of anilines is 1. The zero-order valence-electron chi connectivity index (χ0n) is 15.8. The maximum atomic E-state index is 12.3. The van der Waals surface area contributed by atoms with Gasteiger partial charge < -0.3 is 19.6 Å². The molecule has 0 radical (unpaired) electrons. The van der Waals surface area contributed by atoms with Crippen LogP contribution in [0.2, 0.25) is 0 Å². The lowest BCUT2D eigenvalue weighted by Gasteiger charge is -2.13.